The molecule has 2 amide bonds. The van der Waals surface area contributed by atoms with E-state index in [2.05, 4.69) is 5.32 Å². The van der Waals surface area contributed by atoms with Crippen molar-refractivity contribution in [3.8, 4) is 6.07 Å². The largest absolute Gasteiger partial charge is 0.324 e. The average Bonchev–Trinajstić information content (AvgIpc) is 3.18. The second-order valence-electron chi connectivity index (χ2n) is 6.08. The molecule has 2 atom stereocenters. The van der Waals surface area contributed by atoms with E-state index in [0.717, 1.165) is 4.90 Å². The van der Waals surface area contributed by atoms with Crippen LogP contribution < -0.4 is 5.32 Å². The lowest BCUT2D eigenvalue weighted by Gasteiger charge is -2.25. The van der Waals surface area contributed by atoms with E-state index in [9.17, 15) is 9.59 Å². The maximum absolute atomic E-state index is 12.9. The van der Waals surface area contributed by atoms with Gasteiger partial charge in [0, 0.05) is 16.3 Å². The molecule has 7 heteroatoms. The molecule has 27 heavy (non-hydrogen) atoms. The second-order valence-corrected chi connectivity index (χ2v) is 8.49. The number of thioether (sulfide) groups is 2. The summed E-state index contributed by atoms with van der Waals surface area (Å²) in [7, 11) is 0. The molecule has 2 unspecified atom stereocenters. The smallest absolute Gasteiger partial charge is 0.248 e. The lowest BCUT2D eigenvalue weighted by atomic mass is 10.2. The average molecular weight is 398 g/mol. The molecule has 0 aromatic heterocycles. The number of anilines is 1. The standard InChI is InChI=1S/C20H19N3O2S2/c1-14(27-17-5-3-2-4-6-17)20(25)23-13-26-12-18(23)19(24)22-16-9-7-15(11-21)8-10-16/h2-10,14,18H,12-13H2,1H3,(H,22,24). The number of hydrogen-bond acceptors (Lipinski definition) is 5. The molecule has 3 rings (SSSR count). The van der Waals surface area contributed by atoms with Gasteiger partial charge in [0.2, 0.25) is 11.8 Å². The molecule has 1 saturated heterocycles. The summed E-state index contributed by atoms with van der Waals surface area (Å²) in [5, 5.41) is 11.4. The van der Waals surface area contributed by atoms with E-state index in [1.54, 1.807) is 40.9 Å². The van der Waals surface area contributed by atoms with Gasteiger partial charge in [0.05, 0.1) is 22.8 Å². The van der Waals surface area contributed by atoms with Gasteiger partial charge in [0.15, 0.2) is 0 Å². The van der Waals surface area contributed by atoms with Crippen molar-refractivity contribution in [2.45, 2.75) is 23.1 Å². The first kappa shape index (κ1) is 19.3. The first-order valence-electron chi connectivity index (χ1n) is 8.49. The van der Waals surface area contributed by atoms with Gasteiger partial charge in [0.25, 0.3) is 0 Å². The molecule has 0 radical (unpaired) electrons. The third-order valence-electron chi connectivity index (χ3n) is 4.15. The molecule has 1 aliphatic heterocycles. The van der Waals surface area contributed by atoms with Crippen molar-refractivity contribution >= 4 is 41.0 Å². The molecule has 0 saturated carbocycles. The van der Waals surface area contributed by atoms with Crippen LogP contribution in [0.1, 0.15) is 12.5 Å². The zero-order chi connectivity index (χ0) is 19.2. The molecule has 1 fully saturated rings. The molecule has 5 nitrogen and oxygen atoms in total. The van der Waals surface area contributed by atoms with Crippen molar-refractivity contribution in [3.05, 3.63) is 60.2 Å². The summed E-state index contributed by atoms with van der Waals surface area (Å²) in [6.45, 7) is 1.87. The summed E-state index contributed by atoms with van der Waals surface area (Å²) in [4.78, 5) is 28.2. The lowest BCUT2D eigenvalue weighted by molar-refractivity contribution is -0.135. The summed E-state index contributed by atoms with van der Waals surface area (Å²) >= 11 is 3.08. The number of carbonyl (C=O) groups excluding carboxylic acids is 2. The molecule has 1 heterocycles. The van der Waals surface area contributed by atoms with Crippen molar-refractivity contribution in [1.82, 2.24) is 4.90 Å². The molecule has 1 N–H and O–H groups in total. The van der Waals surface area contributed by atoms with E-state index in [-0.39, 0.29) is 17.1 Å². The van der Waals surface area contributed by atoms with Crippen LogP contribution in [0.2, 0.25) is 0 Å². The van der Waals surface area contributed by atoms with Crippen LogP contribution in [0.5, 0.6) is 0 Å². The van der Waals surface area contributed by atoms with Gasteiger partial charge in [-0.05, 0) is 43.3 Å². The molecule has 0 spiro atoms. The summed E-state index contributed by atoms with van der Waals surface area (Å²) in [5.74, 6) is 0.865. The molecule has 0 bridgehead atoms. The van der Waals surface area contributed by atoms with Crippen molar-refractivity contribution in [3.63, 3.8) is 0 Å². The van der Waals surface area contributed by atoms with Gasteiger partial charge in [-0.3, -0.25) is 9.59 Å². The third-order valence-corrected chi connectivity index (χ3v) is 6.27. The molecular weight excluding hydrogens is 378 g/mol. The Morgan fingerprint density at radius 1 is 1.22 bits per heavy atom. The van der Waals surface area contributed by atoms with Crippen LogP contribution in [0.25, 0.3) is 0 Å². The summed E-state index contributed by atoms with van der Waals surface area (Å²) in [5.41, 5.74) is 1.16. The van der Waals surface area contributed by atoms with Crippen LogP contribution in [-0.2, 0) is 9.59 Å². The van der Waals surface area contributed by atoms with Gasteiger partial charge in [0.1, 0.15) is 6.04 Å². The number of nitriles is 1. The fraction of sp³-hybridized carbons (Fsp3) is 0.250. The minimum Gasteiger partial charge on any atom is -0.324 e. The van der Waals surface area contributed by atoms with E-state index < -0.39 is 6.04 Å². The number of nitrogens with zero attached hydrogens (tertiary/aromatic N) is 2. The topological polar surface area (TPSA) is 73.2 Å². The van der Waals surface area contributed by atoms with E-state index >= 15 is 0 Å². The Kier molecular flexibility index (Phi) is 6.43. The van der Waals surface area contributed by atoms with Gasteiger partial charge in [-0.2, -0.15) is 5.26 Å². The number of rotatable bonds is 5. The number of carbonyl (C=O) groups is 2. The van der Waals surface area contributed by atoms with Crippen LogP contribution in [0.3, 0.4) is 0 Å². The molecule has 2 aromatic rings. The maximum Gasteiger partial charge on any atom is 0.248 e. The van der Waals surface area contributed by atoms with Crippen molar-refractivity contribution in [1.29, 1.82) is 5.26 Å². The first-order chi connectivity index (χ1) is 13.1. The number of amides is 2. The second kappa shape index (κ2) is 8.98. The zero-order valence-electron chi connectivity index (χ0n) is 14.8. The maximum atomic E-state index is 12.9. The highest BCUT2D eigenvalue weighted by atomic mass is 32.2. The van der Waals surface area contributed by atoms with Crippen molar-refractivity contribution < 1.29 is 9.59 Å². The number of benzene rings is 2. The number of hydrogen-bond donors (Lipinski definition) is 1. The minimum atomic E-state index is -0.489. The predicted molar refractivity (Wildman–Crippen MR) is 110 cm³/mol. The van der Waals surface area contributed by atoms with E-state index in [0.29, 0.717) is 22.9 Å². The quantitative estimate of drug-likeness (QED) is 0.781. The molecule has 2 aromatic carbocycles. The van der Waals surface area contributed by atoms with Crippen LogP contribution in [0.15, 0.2) is 59.5 Å². The van der Waals surface area contributed by atoms with Gasteiger partial charge in [-0.1, -0.05) is 18.2 Å². The van der Waals surface area contributed by atoms with Gasteiger partial charge in [-0.15, -0.1) is 23.5 Å². The first-order valence-corrected chi connectivity index (χ1v) is 10.5. The molecule has 0 aliphatic carbocycles. The number of nitrogens with one attached hydrogen (secondary N) is 1. The van der Waals surface area contributed by atoms with E-state index in [1.165, 1.54) is 11.8 Å². The van der Waals surface area contributed by atoms with Crippen LogP contribution in [0.4, 0.5) is 5.69 Å². The Labute approximate surface area is 167 Å². The third kappa shape index (κ3) is 4.85. The van der Waals surface area contributed by atoms with Crippen LogP contribution in [0, 0.1) is 11.3 Å². The molecule has 1 aliphatic rings. The predicted octanol–water partition coefficient (Wildman–Crippen LogP) is 3.58. The van der Waals surface area contributed by atoms with Crippen LogP contribution >= 0.6 is 23.5 Å². The fourth-order valence-corrected chi connectivity index (χ4v) is 4.84. The SMILES string of the molecule is CC(Sc1ccccc1)C(=O)N1CSCC1C(=O)Nc1ccc(C#N)cc1. The van der Waals surface area contributed by atoms with E-state index in [1.807, 2.05) is 43.3 Å². The van der Waals surface area contributed by atoms with Gasteiger partial charge < -0.3 is 10.2 Å². The summed E-state index contributed by atoms with van der Waals surface area (Å²) < 4.78 is 0. The fourth-order valence-electron chi connectivity index (χ4n) is 2.72. The van der Waals surface area contributed by atoms with Crippen LogP contribution in [-0.4, -0.2) is 39.6 Å². The molecular formula is C20H19N3O2S2. The van der Waals surface area contributed by atoms with E-state index in [4.69, 9.17) is 5.26 Å². The summed E-state index contributed by atoms with van der Waals surface area (Å²) in [6.07, 6.45) is 0. The van der Waals surface area contributed by atoms with Gasteiger partial charge in [-0.25, -0.2) is 0 Å². The highest BCUT2D eigenvalue weighted by Crippen LogP contribution is 2.29. The normalized spacial score (nSPS) is 17.2. The van der Waals surface area contributed by atoms with Crippen molar-refractivity contribution in [2.24, 2.45) is 0 Å². The highest BCUT2D eigenvalue weighted by molar-refractivity contribution is 8.00. The van der Waals surface area contributed by atoms with Gasteiger partial charge >= 0.3 is 0 Å². The Morgan fingerprint density at radius 2 is 1.93 bits per heavy atom. The Balaban J connectivity index is 1.63. The Bertz CT molecular complexity index is 850. The minimum absolute atomic E-state index is 0.0335. The highest BCUT2D eigenvalue weighted by Gasteiger charge is 2.36. The molecule has 138 valence electrons. The lowest BCUT2D eigenvalue weighted by Crippen LogP contribution is -2.47. The van der Waals surface area contributed by atoms with Crippen molar-refractivity contribution in [2.75, 3.05) is 16.9 Å². The Morgan fingerprint density at radius 3 is 2.59 bits per heavy atom. The Hall–Kier alpha value is -2.43. The monoisotopic (exact) mass is 397 g/mol. The zero-order valence-corrected chi connectivity index (χ0v) is 16.4. The summed E-state index contributed by atoms with van der Waals surface area (Å²) in [6, 6.07) is 18.0.